The van der Waals surface area contributed by atoms with Crippen LogP contribution in [0.1, 0.15) is 61.5 Å². The van der Waals surface area contributed by atoms with Gasteiger partial charge in [0.25, 0.3) is 0 Å². The summed E-state index contributed by atoms with van der Waals surface area (Å²) in [6.45, 7) is 8.03. The van der Waals surface area contributed by atoms with E-state index in [1.807, 2.05) is 39.0 Å². The Labute approximate surface area is 219 Å². The molecule has 5 nitrogen and oxygen atoms in total. The zero-order valence-electron chi connectivity index (χ0n) is 20.9. The van der Waals surface area contributed by atoms with Gasteiger partial charge in [-0.3, -0.25) is 9.69 Å². The van der Waals surface area contributed by atoms with Crippen LogP contribution in [0.5, 0.6) is 0 Å². The predicted octanol–water partition coefficient (Wildman–Crippen LogP) is 5.94. The number of ether oxygens (including phenoxy) is 2. The van der Waals surface area contributed by atoms with Gasteiger partial charge in [0.1, 0.15) is 0 Å². The number of aliphatic hydroxyl groups is 1. The van der Waals surface area contributed by atoms with Crippen molar-refractivity contribution in [3.05, 3.63) is 68.7 Å². The molecular weight excluding hydrogens is 485 g/mol. The van der Waals surface area contributed by atoms with Crippen molar-refractivity contribution in [1.29, 1.82) is 0 Å². The molecule has 0 radical (unpaired) electrons. The van der Waals surface area contributed by atoms with Gasteiger partial charge < -0.3 is 14.6 Å². The molecule has 1 N–H and O–H groups in total. The Kier molecular flexibility index (Phi) is 10.9. The van der Waals surface area contributed by atoms with Crippen molar-refractivity contribution in [3.63, 3.8) is 0 Å². The van der Waals surface area contributed by atoms with Crippen molar-refractivity contribution in [1.82, 2.24) is 4.90 Å². The fraction of sp³-hybridized carbons (Fsp3) is 0.536. The molecule has 7 heteroatoms. The number of halogens is 2. The Balaban J connectivity index is 1.53. The molecule has 2 aromatic rings. The van der Waals surface area contributed by atoms with Crippen LogP contribution in [0.25, 0.3) is 0 Å². The number of β-amino-alcohol motifs (C(OH)–C–C–N with tert-alkyl or cyclic N) is 1. The number of carbonyl (C=O) groups excluding carboxylic acids is 1. The van der Waals surface area contributed by atoms with E-state index in [-0.39, 0.29) is 18.7 Å². The van der Waals surface area contributed by atoms with E-state index in [1.54, 1.807) is 0 Å². The molecule has 3 rings (SSSR count). The smallest absolute Gasteiger partial charge is 0.306 e. The highest BCUT2D eigenvalue weighted by molar-refractivity contribution is 6.42. The first-order chi connectivity index (χ1) is 16.8. The van der Waals surface area contributed by atoms with E-state index in [1.165, 1.54) is 0 Å². The van der Waals surface area contributed by atoms with Crippen LogP contribution in [0, 0.1) is 6.92 Å². The largest absolute Gasteiger partial charge is 0.466 e. The van der Waals surface area contributed by atoms with E-state index in [0.717, 1.165) is 48.1 Å². The standard InChI is InChI=1S/C28H37Cl2NO4/c1-4-34-28(33)12-9-22-14-19(2)7-10-25(22)20(3)35-18-24(32)17-31-13-5-6-23(31)15-21-8-11-26(29)27(30)16-21/h7-8,10-11,14,16,20,23-24,32H,4-6,9,12-13,15,17-18H2,1-3H3/t20-,23+,24-/m1/s1. The van der Waals surface area contributed by atoms with Crippen LogP contribution < -0.4 is 0 Å². The van der Waals surface area contributed by atoms with Gasteiger partial charge in [0, 0.05) is 19.0 Å². The molecule has 1 saturated heterocycles. The lowest BCUT2D eigenvalue weighted by Crippen LogP contribution is -2.39. The third-order valence-corrected chi connectivity index (χ3v) is 7.32. The van der Waals surface area contributed by atoms with Crippen molar-refractivity contribution in [2.75, 3.05) is 26.3 Å². The minimum absolute atomic E-state index is 0.187. The molecule has 1 aliphatic heterocycles. The van der Waals surface area contributed by atoms with Gasteiger partial charge in [-0.2, -0.15) is 0 Å². The maximum absolute atomic E-state index is 11.8. The van der Waals surface area contributed by atoms with Crippen LogP contribution in [0.4, 0.5) is 0 Å². The summed E-state index contributed by atoms with van der Waals surface area (Å²) in [5.41, 5.74) is 4.43. The summed E-state index contributed by atoms with van der Waals surface area (Å²) in [4.78, 5) is 14.2. The SMILES string of the molecule is CCOC(=O)CCc1cc(C)ccc1[C@@H](C)OC[C@H](O)CN1CCC[C@H]1Cc1ccc(Cl)c(Cl)c1. The van der Waals surface area contributed by atoms with Crippen LogP contribution >= 0.6 is 23.2 Å². The number of esters is 1. The van der Waals surface area contributed by atoms with Gasteiger partial charge in [0.2, 0.25) is 0 Å². The third kappa shape index (κ3) is 8.47. The maximum atomic E-state index is 11.8. The van der Waals surface area contributed by atoms with Crippen LogP contribution in [0.3, 0.4) is 0 Å². The van der Waals surface area contributed by atoms with Gasteiger partial charge in [-0.25, -0.2) is 0 Å². The van der Waals surface area contributed by atoms with Gasteiger partial charge in [0.05, 0.1) is 35.5 Å². The summed E-state index contributed by atoms with van der Waals surface area (Å²) < 4.78 is 11.2. The highest BCUT2D eigenvalue weighted by Gasteiger charge is 2.27. The van der Waals surface area contributed by atoms with Crippen LogP contribution in [0.15, 0.2) is 36.4 Å². The van der Waals surface area contributed by atoms with Crippen LogP contribution in [-0.2, 0) is 27.1 Å². The molecule has 1 fully saturated rings. The second kappa shape index (κ2) is 13.6. The summed E-state index contributed by atoms with van der Waals surface area (Å²) in [6, 6.07) is 12.4. The van der Waals surface area contributed by atoms with Gasteiger partial charge in [-0.05, 0) is 81.8 Å². The Morgan fingerprint density at radius 1 is 1.20 bits per heavy atom. The highest BCUT2D eigenvalue weighted by atomic mass is 35.5. The lowest BCUT2D eigenvalue weighted by Gasteiger charge is -2.28. The first-order valence-corrected chi connectivity index (χ1v) is 13.2. The van der Waals surface area contributed by atoms with Crippen molar-refractivity contribution >= 4 is 29.2 Å². The molecule has 0 aliphatic carbocycles. The first kappa shape index (κ1) is 27.9. The molecule has 0 unspecified atom stereocenters. The topological polar surface area (TPSA) is 59.0 Å². The summed E-state index contributed by atoms with van der Waals surface area (Å²) in [5, 5.41) is 11.9. The number of benzene rings is 2. The minimum Gasteiger partial charge on any atom is -0.466 e. The first-order valence-electron chi connectivity index (χ1n) is 12.5. The fourth-order valence-electron chi connectivity index (χ4n) is 4.79. The summed E-state index contributed by atoms with van der Waals surface area (Å²) in [5.74, 6) is -0.190. The number of hydrogen-bond donors (Lipinski definition) is 1. The molecule has 0 saturated carbocycles. The quantitative estimate of drug-likeness (QED) is 0.350. The summed E-state index contributed by atoms with van der Waals surface area (Å²) in [6.07, 6.45) is 3.27. The normalized spacial score (nSPS) is 17.9. The average molecular weight is 523 g/mol. The fourth-order valence-corrected chi connectivity index (χ4v) is 5.11. The third-order valence-electron chi connectivity index (χ3n) is 6.58. The van der Waals surface area contributed by atoms with Crippen molar-refractivity contribution in [3.8, 4) is 0 Å². The van der Waals surface area contributed by atoms with E-state index in [0.29, 0.717) is 42.1 Å². The summed E-state index contributed by atoms with van der Waals surface area (Å²) >= 11 is 12.2. The molecule has 3 atom stereocenters. The van der Waals surface area contributed by atoms with Crippen molar-refractivity contribution in [2.45, 2.75) is 71.1 Å². The van der Waals surface area contributed by atoms with E-state index in [4.69, 9.17) is 32.7 Å². The van der Waals surface area contributed by atoms with Gasteiger partial charge >= 0.3 is 5.97 Å². The Bertz CT molecular complexity index is 983. The Morgan fingerprint density at radius 3 is 2.74 bits per heavy atom. The van der Waals surface area contributed by atoms with Gasteiger partial charge in [0.15, 0.2) is 0 Å². The van der Waals surface area contributed by atoms with E-state index in [9.17, 15) is 9.90 Å². The lowest BCUT2D eigenvalue weighted by molar-refractivity contribution is -0.143. The molecule has 2 aromatic carbocycles. The molecule has 0 bridgehead atoms. The van der Waals surface area contributed by atoms with E-state index >= 15 is 0 Å². The molecule has 0 spiro atoms. The molecule has 0 aromatic heterocycles. The second-order valence-electron chi connectivity index (χ2n) is 9.38. The zero-order valence-corrected chi connectivity index (χ0v) is 22.4. The van der Waals surface area contributed by atoms with E-state index < -0.39 is 6.10 Å². The number of likely N-dealkylation sites (tertiary alicyclic amines) is 1. The van der Waals surface area contributed by atoms with Gasteiger partial charge in [-0.1, -0.05) is 53.0 Å². The number of hydrogen-bond acceptors (Lipinski definition) is 5. The van der Waals surface area contributed by atoms with Gasteiger partial charge in [-0.15, -0.1) is 0 Å². The maximum Gasteiger partial charge on any atom is 0.306 e. The monoisotopic (exact) mass is 521 g/mol. The number of rotatable bonds is 12. The lowest BCUT2D eigenvalue weighted by atomic mass is 9.97. The second-order valence-corrected chi connectivity index (χ2v) is 10.2. The van der Waals surface area contributed by atoms with Crippen molar-refractivity contribution in [2.24, 2.45) is 0 Å². The molecule has 192 valence electrons. The number of aliphatic hydroxyl groups excluding tert-OH is 1. The Morgan fingerprint density at radius 2 is 2.00 bits per heavy atom. The highest BCUT2D eigenvalue weighted by Crippen LogP contribution is 2.27. The van der Waals surface area contributed by atoms with Crippen LogP contribution in [0.2, 0.25) is 10.0 Å². The predicted molar refractivity (Wildman–Crippen MR) is 141 cm³/mol. The van der Waals surface area contributed by atoms with Crippen LogP contribution in [-0.4, -0.2) is 54.4 Å². The number of nitrogens with zero attached hydrogens (tertiary/aromatic N) is 1. The van der Waals surface area contributed by atoms with Crippen molar-refractivity contribution < 1.29 is 19.4 Å². The average Bonchev–Trinajstić information content (AvgIpc) is 3.25. The molecule has 1 aliphatic rings. The summed E-state index contributed by atoms with van der Waals surface area (Å²) in [7, 11) is 0. The number of carbonyl (C=O) groups is 1. The molecule has 0 amide bonds. The number of aryl methyl sites for hydroxylation is 2. The van der Waals surface area contributed by atoms with E-state index in [2.05, 4.69) is 23.1 Å². The Hall–Kier alpha value is -1.63. The zero-order chi connectivity index (χ0) is 25.4. The molecular formula is C28H37Cl2NO4. The molecule has 35 heavy (non-hydrogen) atoms. The molecule has 1 heterocycles. The minimum atomic E-state index is -0.583.